The maximum Gasteiger partial charge on any atom is 0.417 e. The van der Waals surface area contributed by atoms with Gasteiger partial charge in [-0.05, 0) is 41.8 Å². The highest BCUT2D eigenvalue weighted by Crippen LogP contribution is 2.44. The first kappa shape index (κ1) is 19.9. The van der Waals surface area contributed by atoms with Gasteiger partial charge in [0, 0.05) is 15.5 Å². The van der Waals surface area contributed by atoms with Crippen LogP contribution in [0.4, 0.5) is 24.5 Å². The molecule has 4 aromatic rings. The molecule has 1 aromatic carbocycles. The highest BCUT2D eigenvalue weighted by Gasteiger charge is 2.36. The van der Waals surface area contributed by atoms with E-state index in [1.54, 1.807) is 41.8 Å². The Kier molecular flexibility index (Phi) is 5.09. The van der Waals surface area contributed by atoms with E-state index in [1.165, 1.54) is 11.3 Å². The highest BCUT2D eigenvalue weighted by atomic mass is 79.9. The Morgan fingerprint density at radius 3 is 2.52 bits per heavy atom. The molecule has 148 valence electrons. The number of aromatic nitrogens is 1. The molecule has 4 nitrogen and oxygen atoms in total. The van der Waals surface area contributed by atoms with Gasteiger partial charge >= 0.3 is 6.18 Å². The molecule has 0 saturated carbocycles. The zero-order valence-corrected chi connectivity index (χ0v) is 17.6. The minimum atomic E-state index is -4.64. The van der Waals surface area contributed by atoms with Gasteiger partial charge in [0.05, 0.1) is 21.8 Å². The van der Waals surface area contributed by atoms with Gasteiger partial charge in [-0.15, -0.1) is 22.7 Å². The lowest BCUT2D eigenvalue weighted by Crippen LogP contribution is -2.12. The minimum absolute atomic E-state index is 0.00996. The summed E-state index contributed by atoms with van der Waals surface area (Å²) in [6.07, 6.45) is -4.64. The lowest BCUT2D eigenvalue weighted by Gasteiger charge is -2.10. The molecule has 0 fully saturated rings. The molecule has 4 rings (SSSR count). The quantitative estimate of drug-likeness (QED) is 0.333. The number of nitrogens with two attached hydrogens (primary N) is 1. The number of benzene rings is 1. The number of carbonyl (C=O) groups excluding carboxylic acids is 1. The summed E-state index contributed by atoms with van der Waals surface area (Å²) in [6, 6.07) is 11.2. The van der Waals surface area contributed by atoms with Crippen LogP contribution in [0.3, 0.4) is 0 Å². The Hall–Kier alpha value is -2.43. The van der Waals surface area contributed by atoms with Crippen molar-refractivity contribution in [2.24, 2.45) is 0 Å². The van der Waals surface area contributed by atoms with Crippen molar-refractivity contribution in [1.82, 2.24) is 4.98 Å². The third kappa shape index (κ3) is 3.87. The van der Waals surface area contributed by atoms with Gasteiger partial charge in [-0.25, -0.2) is 4.98 Å². The van der Waals surface area contributed by atoms with Crippen LogP contribution in [0, 0.1) is 0 Å². The molecule has 0 saturated heterocycles. The number of amides is 1. The van der Waals surface area contributed by atoms with E-state index < -0.39 is 17.6 Å². The number of rotatable bonds is 3. The molecule has 29 heavy (non-hydrogen) atoms. The standard InChI is InChI=1S/C19H11BrF3N3OS2/c20-9-3-5-10(6-4-9)25-17(27)16-15(24)14-11(19(21,22)23)8-12(26-18(14)29-16)13-2-1-7-28-13/h1-8H,24H2,(H,25,27). The topological polar surface area (TPSA) is 68.0 Å². The summed E-state index contributed by atoms with van der Waals surface area (Å²) in [5.41, 5.74) is 5.56. The highest BCUT2D eigenvalue weighted by molar-refractivity contribution is 9.10. The monoisotopic (exact) mass is 497 g/mol. The van der Waals surface area contributed by atoms with Crippen LogP contribution in [0.15, 0.2) is 52.3 Å². The molecule has 0 bridgehead atoms. The molecule has 0 aliphatic heterocycles. The largest absolute Gasteiger partial charge is 0.417 e. The Balaban J connectivity index is 1.83. The molecule has 0 unspecified atom stereocenters. The van der Waals surface area contributed by atoms with Gasteiger partial charge in [-0.2, -0.15) is 13.2 Å². The number of nitrogens with zero attached hydrogens (tertiary/aromatic N) is 1. The lowest BCUT2D eigenvalue weighted by atomic mass is 10.1. The van der Waals surface area contributed by atoms with E-state index in [-0.39, 0.29) is 26.5 Å². The summed E-state index contributed by atoms with van der Waals surface area (Å²) in [6.45, 7) is 0. The summed E-state index contributed by atoms with van der Waals surface area (Å²) in [7, 11) is 0. The Morgan fingerprint density at radius 2 is 1.90 bits per heavy atom. The summed E-state index contributed by atoms with van der Waals surface area (Å²) >= 11 is 5.42. The van der Waals surface area contributed by atoms with E-state index in [0.29, 0.717) is 10.6 Å². The molecule has 3 aromatic heterocycles. The fraction of sp³-hybridized carbons (Fsp3) is 0.0526. The number of thiophene rings is 2. The van der Waals surface area contributed by atoms with Crippen LogP contribution >= 0.6 is 38.6 Å². The van der Waals surface area contributed by atoms with Crippen LogP contribution in [-0.2, 0) is 6.18 Å². The second-order valence-electron chi connectivity index (χ2n) is 6.02. The maximum absolute atomic E-state index is 13.7. The Labute approximate surface area is 179 Å². The first-order valence-electron chi connectivity index (χ1n) is 8.15. The molecule has 10 heteroatoms. The summed E-state index contributed by atoms with van der Waals surface area (Å²) in [5, 5.41) is 4.16. The second-order valence-corrected chi connectivity index (χ2v) is 8.88. The van der Waals surface area contributed by atoms with Crippen molar-refractivity contribution in [1.29, 1.82) is 0 Å². The number of nitrogens with one attached hydrogen (secondary N) is 1. The number of fused-ring (bicyclic) bond motifs is 1. The van der Waals surface area contributed by atoms with Crippen molar-refractivity contribution in [2.75, 3.05) is 11.1 Å². The molecule has 0 atom stereocenters. The van der Waals surface area contributed by atoms with Gasteiger partial charge in [0.1, 0.15) is 9.71 Å². The molecule has 3 heterocycles. The summed E-state index contributed by atoms with van der Waals surface area (Å²) in [4.78, 5) is 17.7. The lowest BCUT2D eigenvalue weighted by molar-refractivity contribution is -0.136. The van der Waals surface area contributed by atoms with Crippen LogP contribution in [0.5, 0.6) is 0 Å². The molecule has 0 aliphatic carbocycles. The van der Waals surface area contributed by atoms with Gasteiger partial charge in [0.15, 0.2) is 0 Å². The average Bonchev–Trinajstić information content (AvgIpc) is 3.30. The molecule has 1 amide bonds. The van der Waals surface area contributed by atoms with Gasteiger partial charge in [-0.1, -0.05) is 22.0 Å². The van der Waals surface area contributed by atoms with Crippen LogP contribution in [0.25, 0.3) is 20.8 Å². The van der Waals surface area contributed by atoms with Gasteiger partial charge in [0.2, 0.25) is 0 Å². The first-order chi connectivity index (χ1) is 13.7. The van der Waals surface area contributed by atoms with Crippen molar-refractivity contribution in [3.8, 4) is 10.6 Å². The molecule has 0 spiro atoms. The van der Waals surface area contributed by atoms with Gasteiger partial charge < -0.3 is 11.1 Å². The number of halogens is 4. The van der Waals surface area contributed by atoms with Crippen LogP contribution in [-0.4, -0.2) is 10.9 Å². The fourth-order valence-corrected chi connectivity index (χ4v) is 4.75. The number of nitrogen functional groups attached to an aromatic ring is 1. The van der Waals surface area contributed by atoms with E-state index in [0.717, 1.165) is 21.9 Å². The predicted octanol–water partition coefficient (Wildman–Crippen LogP) is 6.64. The van der Waals surface area contributed by atoms with Crippen molar-refractivity contribution >= 4 is 66.1 Å². The summed E-state index contributed by atoms with van der Waals surface area (Å²) in [5.74, 6) is -0.585. The summed E-state index contributed by atoms with van der Waals surface area (Å²) < 4.78 is 42.0. The fourth-order valence-electron chi connectivity index (χ4n) is 2.78. The van der Waals surface area contributed by atoms with Crippen molar-refractivity contribution in [3.05, 3.63) is 62.8 Å². The normalized spacial score (nSPS) is 11.7. The molecular weight excluding hydrogens is 487 g/mol. The zero-order chi connectivity index (χ0) is 20.8. The third-order valence-corrected chi connectivity index (χ3v) is 6.61. The zero-order valence-electron chi connectivity index (χ0n) is 14.4. The van der Waals surface area contributed by atoms with Crippen molar-refractivity contribution in [2.45, 2.75) is 6.18 Å². The Morgan fingerprint density at radius 1 is 1.17 bits per heavy atom. The molecular formula is C19H11BrF3N3OS2. The van der Waals surface area contributed by atoms with Crippen LogP contribution < -0.4 is 11.1 Å². The predicted molar refractivity (Wildman–Crippen MR) is 114 cm³/mol. The van der Waals surface area contributed by atoms with Crippen LogP contribution in [0.1, 0.15) is 15.2 Å². The number of hydrogen-bond acceptors (Lipinski definition) is 5. The van der Waals surface area contributed by atoms with E-state index in [4.69, 9.17) is 5.73 Å². The average molecular weight is 498 g/mol. The van der Waals surface area contributed by atoms with Crippen LogP contribution in [0.2, 0.25) is 0 Å². The molecule has 0 radical (unpaired) electrons. The van der Waals surface area contributed by atoms with E-state index >= 15 is 0 Å². The SMILES string of the molecule is Nc1c(C(=O)Nc2ccc(Br)cc2)sc2nc(-c3cccs3)cc(C(F)(F)F)c12. The molecule has 3 N–H and O–H groups in total. The van der Waals surface area contributed by atoms with Crippen molar-refractivity contribution < 1.29 is 18.0 Å². The number of hydrogen-bond donors (Lipinski definition) is 2. The number of pyridine rings is 1. The van der Waals surface area contributed by atoms with E-state index in [9.17, 15) is 18.0 Å². The minimum Gasteiger partial charge on any atom is -0.397 e. The number of alkyl halides is 3. The van der Waals surface area contributed by atoms with E-state index in [1.807, 2.05) is 0 Å². The molecule has 0 aliphatic rings. The van der Waals surface area contributed by atoms with Gasteiger partial charge in [-0.3, -0.25) is 4.79 Å². The number of anilines is 2. The second kappa shape index (κ2) is 7.43. The maximum atomic E-state index is 13.7. The van der Waals surface area contributed by atoms with Gasteiger partial charge in [0.25, 0.3) is 5.91 Å². The smallest absolute Gasteiger partial charge is 0.397 e. The van der Waals surface area contributed by atoms with E-state index in [2.05, 4.69) is 26.2 Å². The van der Waals surface area contributed by atoms with Crippen molar-refractivity contribution in [3.63, 3.8) is 0 Å². The Bertz CT molecular complexity index is 1200. The number of carbonyl (C=O) groups is 1. The third-order valence-electron chi connectivity index (χ3n) is 4.09. The first-order valence-corrected chi connectivity index (χ1v) is 10.6.